The van der Waals surface area contributed by atoms with E-state index in [1.54, 1.807) is 37.5 Å². The van der Waals surface area contributed by atoms with Gasteiger partial charge in [0.2, 0.25) is 0 Å². The number of carbonyl (C=O) groups excluding carboxylic acids is 1. The lowest BCUT2D eigenvalue weighted by Gasteiger charge is -2.05. The molecule has 0 amide bonds. The average molecular weight is 308 g/mol. The summed E-state index contributed by atoms with van der Waals surface area (Å²) in [5.41, 5.74) is 1.37. The van der Waals surface area contributed by atoms with Crippen LogP contribution in [0, 0.1) is 12.7 Å². The largest absolute Gasteiger partial charge is 0.294 e. The molecule has 92 valence electrons. The van der Waals surface area contributed by atoms with Crippen molar-refractivity contribution in [1.29, 1.82) is 0 Å². The van der Waals surface area contributed by atoms with Crippen molar-refractivity contribution in [2.75, 3.05) is 0 Å². The smallest absolute Gasteiger partial charge is 0.170 e. The van der Waals surface area contributed by atoms with E-state index in [1.165, 1.54) is 6.07 Å². The maximum atomic E-state index is 13.8. The van der Waals surface area contributed by atoms with E-state index in [-0.39, 0.29) is 17.8 Å². The molecular weight excluding hydrogens is 297 g/mol. The molecule has 0 aliphatic rings. The highest BCUT2D eigenvalue weighted by atomic mass is 79.9. The molecule has 0 fully saturated rings. The minimum Gasteiger partial charge on any atom is -0.294 e. The van der Waals surface area contributed by atoms with Gasteiger partial charge in [-0.25, -0.2) is 4.39 Å². The molecule has 1 heterocycles. The predicted molar refractivity (Wildman–Crippen MR) is 71.1 cm³/mol. The molecule has 0 N–H and O–H groups in total. The molecule has 2 rings (SSSR count). The first-order chi connectivity index (χ1) is 8.58. The first-order valence-corrected chi connectivity index (χ1v) is 6.25. The maximum absolute atomic E-state index is 13.8. The van der Waals surface area contributed by atoms with Crippen molar-refractivity contribution in [3.8, 4) is 0 Å². The highest BCUT2D eigenvalue weighted by Gasteiger charge is 2.13. The fourth-order valence-corrected chi connectivity index (χ4v) is 2.11. The van der Waals surface area contributed by atoms with Crippen LogP contribution < -0.4 is 0 Å². The third-order valence-electron chi connectivity index (χ3n) is 2.62. The van der Waals surface area contributed by atoms with Gasteiger partial charge in [0.15, 0.2) is 5.78 Å². The van der Waals surface area contributed by atoms with Gasteiger partial charge in [-0.3, -0.25) is 9.78 Å². The van der Waals surface area contributed by atoms with Crippen LogP contribution in [0.15, 0.2) is 41.1 Å². The van der Waals surface area contributed by atoms with Gasteiger partial charge >= 0.3 is 0 Å². The topological polar surface area (TPSA) is 30.0 Å². The fourth-order valence-electron chi connectivity index (χ4n) is 1.70. The molecule has 0 spiro atoms. The van der Waals surface area contributed by atoms with Crippen molar-refractivity contribution in [3.05, 3.63) is 63.6 Å². The van der Waals surface area contributed by atoms with Crippen LogP contribution in [0.4, 0.5) is 4.39 Å². The molecule has 18 heavy (non-hydrogen) atoms. The van der Waals surface area contributed by atoms with E-state index in [9.17, 15) is 9.18 Å². The van der Waals surface area contributed by atoms with Crippen LogP contribution in [0.25, 0.3) is 0 Å². The molecule has 0 atom stereocenters. The van der Waals surface area contributed by atoms with Crippen molar-refractivity contribution in [2.24, 2.45) is 0 Å². The van der Waals surface area contributed by atoms with E-state index >= 15 is 0 Å². The molecule has 0 saturated carbocycles. The summed E-state index contributed by atoms with van der Waals surface area (Å²) >= 11 is 3.29. The Balaban J connectivity index is 2.25. The molecule has 0 radical (unpaired) electrons. The molecule has 1 aromatic carbocycles. The van der Waals surface area contributed by atoms with Gasteiger partial charge in [-0.2, -0.15) is 0 Å². The van der Waals surface area contributed by atoms with Crippen LogP contribution in [-0.4, -0.2) is 10.8 Å². The first kappa shape index (κ1) is 12.9. The molecule has 0 unspecified atom stereocenters. The van der Waals surface area contributed by atoms with Crippen molar-refractivity contribution >= 4 is 21.7 Å². The van der Waals surface area contributed by atoms with E-state index in [1.807, 2.05) is 0 Å². The minimum atomic E-state index is -0.439. The van der Waals surface area contributed by atoms with Crippen LogP contribution in [0.3, 0.4) is 0 Å². The van der Waals surface area contributed by atoms with E-state index in [0.717, 1.165) is 10.0 Å². The molecule has 4 heteroatoms. The summed E-state index contributed by atoms with van der Waals surface area (Å²) in [6, 6.07) is 6.65. The number of aromatic nitrogens is 1. The Hall–Kier alpha value is -1.55. The highest BCUT2D eigenvalue weighted by Crippen LogP contribution is 2.16. The molecule has 0 aliphatic carbocycles. The SMILES string of the molecule is Cc1cccc(C(=O)Cc2cncc(Br)c2)c1F. The fraction of sp³-hybridized carbons (Fsp3) is 0.143. The zero-order valence-corrected chi connectivity index (χ0v) is 11.4. The summed E-state index contributed by atoms with van der Waals surface area (Å²) < 4.78 is 14.6. The lowest BCUT2D eigenvalue weighted by molar-refractivity contribution is 0.0989. The predicted octanol–water partition coefficient (Wildman–Crippen LogP) is 3.72. The Morgan fingerprint density at radius 3 is 2.89 bits per heavy atom. The quantitative estimate of drug-likeness (QED) is 0.809. The van der Waals surface area contributed by atoms with Gasteiger partial charge in [0.1, 0.15) is 5.82 Å². The summed E-state index contributed by atoms with van der Waals surface area (Å²) in [6.07, 6.45) is 3.39. The summed E-state index contributed by atoms with van der Waals surface area (Å²) in [6.45, 7) is 1.65. The molecule has 0 bridgehead atoms. The van der Waals surface area contributed by atoms with Crippen molar-refractivity contribution in [2.45, 2.75) is 13.3 Å². The Bertz CT molecular complexity index is 598. The Kier molecular flexibility index (Phi) is 3.87. The lowest BCUT2D eigenvalue weighted by atomic mass is 10.0. The van der Waals surface area contributed by atoms with E-state index in [4.69, 9.17) is 0 Å². The van der Waals surface area contributed by atoms with Gasteiger partial charge in [-0.15, -0.1) is 0 Å². The molecule has 1 aromatic heterocycles. The number of carbonyl (C=O) groups is 1. The van der Waals surface area contributed by atoms with Gasteiger partial charge in [0, 0.05) is 23.3 Å². The Labute approximate surface area is 113 Å². The van der Waals surface area contributed by atoms with Gasteiger partial charge in [0.05, 0.1) is 5.56 Å². The van der Waals surface area contributed by atoms with Crippen LogP contribution in [0.2, 0.25) is 0 Å². The Morgan fingerprint density at radius 1 is 1.39 bits per heavy atom. The van der Waals surface area contributed by atoms with Gasteiger partial charge < -0.3 is 0 Å². The monoisotopic (exact) mass is 307 g/mol. The number of hydrogen-bond acceptors (Lipinski definition) is 2. The Morgan fingerprint density at radius 2 is 2.17 bits per heavy atom. The van der Waals surface area contributed by atoms with E-state index < -0.39 is 5.82 Å². The highest BCUT2D eigenvalue weighted by molar-refractivity contribution is 9.10. The maximum Gasteiger partial charge on any atom is 0.170 e. The third kappa shape index (κ3) is 2.82. The molecule has 0 aliphatic heterocycles. The zero-order chi connectivity index (χ0) is 13.1. The van der Waals surface area contributed by atoms with E-state index in [2.05, 4.69) is 20.9 Å². The average Bonchev–Trinajstić information content (AvgIpc) is 2.32. The number of hydrogen-bond donors (Lipinski definition) is 0. The van der Waals surface area contributed by atoms with E-state index in [0.29, 0.717) is 5.56 Å². The second-order valence-corrected chi connectivity index (χ2v) is 4.96. The van der Waals surface area contributed by atoms with Gasteiger partial charge in [0.25, 0.3) is 0 Å². The van der Waals surface area contributed by atoms with Crippen LogP contribution in [0.5, 0.6) is 0 Å². The number of Topliss-reactive ketones (excluding diaryl/α,β-unsaturated/α-hetero) is 1. The molecular formula is C14H11BrFNO. The normalized spacial score (nSPS) is 10.4. The summed E-state index contributed by atoms with van der Waals surface area (Å²) in [5.74, 6) is -0.679. The van der Waals surface area contributed by atoms with Crippen LogP contribution >= 0.6 is 15.9 Å². The number of ketones is 1. The lowest BCUT2D eigenvalue weighted by Crippen LogP contribution is -2.07. The molecule has 2 aromatic rings. The standard InChI is InChI=1S/C14H11BrFNO/c1-9-3-2-4-12(14(9)16)13(18)6-10-5-11(15)8-17-7-10/h2-5,7-8H,6H2,1H3. The summed E-state index contributed by atoms with van der Waals surface area (Å²) in [5, 5.41) is 0. The van der Waals surface area contributed by atoms with Crippen LogP contribution in [0.1, 0.15) is 21.5 Å². The number of benzene rings is 1. The number of pyridine rings is 1. The third-order valence-corrected chi connectivity index (χ3v) is 3.05. The second kappa shape index (κ2) is 5.40. The number of halogens is 2. The number of nitrogens with zero attached hydrogens (tertiary/aromatic N) is 1. The second-order valence-electron chi connectivity index (χ2n) is 4.05. The van der Waals surface area contributed by atoms with Gasteiger partial charge in [-0.1, -0.05) is 12.1 Å². The molecule has 2 nitrogen and oxygen atoms in total. The van der Waals surface area contributed by atoms with Crippen molar-refractivity contribution in [3.63, 3.8) is 0 Å². The van der Waals surface area contributed by atoms with Gasteiger partial charge in [-0.05, 0) is 46.1 Å². The number of aryl methyl sites for hydroxylation is 1. The summed E-state index contributed by atoms with van der Waals surface area (Å²) in [4.78, 5) is 16.0. The summed E-state index contributed by atoms with van der Waals surface area (Å²) in [7, 11) is 0. The van der Waals surface area contributed by atoms with Crippen LogP contribution in [-0.2, 0) is 6.42 Å². The minimum absolute atomic E-state index is 0.134. The van der Waals surface area contributed by atoms with Crippen molar-refractivity contribution < 1.29 is 9.18 Å². The molecule has 0 saturated heterocycles. The van der Waals surface area contributed by atoms with Crippen molar-refractivity contribution in [1.82, 2.24) is 4.98 Å². The zero-order valence-electron chi connectivity index (χ0n) is 9.78. The first-order valence-electron chi connectivity index (χ1n) is 5.45. The number of rotatable bonds is 3.